The Morgan fingerprint density at radius 1 is 1.58 bits per heavy atom. The maximum atomic E-state index is 5.47. The molecule has 5 nitrogen and oxygen atoms in total. The average molecular weight is 171 g/mol. The molecule has 12 heavy (non-hydrogen) atoms. The molecule has 0 aliphatic carbocycles. The van der Waals surface area contributed by atoms with Crippen LogP contribution in [0.3, 0.4) is 0 Å². The summed E-state index contributed by atoms with van der Waals surface area (Å²) >= 11 is 0. The van der Waals surface area contributed by atoms with Crippen molar-refractivity contribution in [2.75, 3.05) is 19.8 Å². The molecule has 0 aliphatic heterocycles. The van der Waals surface area contributed by atoms with Gasteiger partial charge in [-0.25, -0.2) is 5.01 Å². The van der Waals surface area contributed by atoms with E-state index in [0.717, 1.165) is 12.1 Å². The fourth-order valence-electron chi connectivity index (χ4n) is 0.644. The summed E-state index contributed by atoms with van der Waals surface area (Å²) in [4.78, 5) is 4.03. The van der Waals surface area contributed by atoms with Gasteiger partial charge in [-0.1, -0.05) is 0 Å². The van der Waals surface area contributed by atoms with Crippen LogP contribution in [-0.4, -0.2) is 31.0 Å². The molecule has 0 fully saturated rings. The van der Waals surface area contributed by atoms with Crippen molar-refractivity contribution >= 4 is 6.21 Å². The van der Waals surface area contributed by atoms with Crippen molar-refractivity contribution in [3.63, 3.8) is 0 Å². The van der Waals surface area contributed by atoms with Crippen LogP contribution in [-0.2, 0) is 0 Å². The van der Waals surface area contributed by atoms with Crippen molar-refractivity contribution in [2.24, 2.45) is 22.3 Å². The third kappa shape index (κ3) is 4.84. The smallest absolute Gasteiger partial charge is 0.0597 e. The van der Waals surface area contributed by atoms with Crippen LogP contribution < -0.4 is 17.3 Å². The zero-order valence-electron chi connectivity index (χ0n) is 7.40. The van der Waals surface area contributed by atoms with Gasteiger partial charge in [-0.2, -0.15) is 0 Å². The third-order valence-electron chi connectivity index (χ3n) is 1.27. The van der Waals surface area contributed by atoms with Gasteiger partial charge in [0.05, 0.1) is 6.67 Å². The van der Waals surface area contributed by atoms with Gasteiger partial charge in [-0.05, 0) is 13.1 Å². The molecule has 0 aromatic heterocycles. The molecule has 0 radical (unpaired) electrons. The normalized spacial score (nSPS) is 13.2. The summed E-state index contributed by atoms with van der Waals surface area (Å²) in [6.07, 6.45) is 3.18. The lowest BCUT2D eigenvalue weighted by molar-refractivity contribution is 0.321. The van der Waals surface area contributed by atoms with Gasteiger partial charge in [-0.15, -0.1) is 0 Å². The molecule has 0 atom stereocenters. The van der Waals surface area contributed by atoms with E-state index in [1.54, 1.807) is 6.21 Å². The van der Waals surface area contributed by atoms with Crippen molar-refractivity contribution in [3.05, 3.63) is 11.8 Å². The largest absolute Gasteiger partial charge is 0.404 e. The molecular weight excluding hydrogens is 154 g/mol. The Morgan fingerprint density at radius 2 is 2.25 bits per heavy atom. The van der Waals surface area contributed by atoms with E-state index >= 15 is 0 Å². The van der Waals surface area contributed by atoms with E-state index in [1.807, 2.05) is 6.92 Å². The first-order valence-corrected chi connectivity index (χ1v) is 3.84. The highest BCUT2D eigenvalue weighted by Crippen LogP contribution is 1.89. The Hall–Kier alpha value is -0.910. The second-order valence-corrected chi connectivity index (χ2v) is 2.30. The lowest BCUT2D eigenvalue weighted by Crippen LogP contribution is -2.38. The van der Waals surface area contributed by atoms with Crippen LogP contribution in [0.2, 0.25) is 0 Å². The number of nitrogens with two attached hydrogens (primary N) is 3. The van der Waals surface area contributed by atoms with Crippen molar-refractivity contribution in [3.8, 4) is 0 Å². The minimum Gasteiger partial charge on any atom is -0.404 e. The maximum absolute atomic E-state index is 5.47. The Kier molecular flexibility index (Phi) is 6.26. The number of hydrogen-bond acceptors (Lipinski definition) is 5. The van der Waals surface area contributed by atoms with Crippen LogP contribution in [0, 0.1) is 0 Å². The first-order chi connectivity index (χ1) is 5.74. The van der Waals surface area contributed by atoms with Gasteiger partial charge in [0.25, 0.3) is 0 Å². The Balaban J connectivity index is 3.93. The number of rotatable bonds is 5. The first kappa shape index (κ1) is 11.1. The van der Waals surface area contributed by atoms with Crippen LogP contribution >= 0.6 is 0 Å². The minimum absolute atomic E-state index is 0.303. The van der Waals surface area contributed by atoms with E-state index in [-0.39, 0.29) is 0 Å². The predicted molar refractivity (Wildman–Crippen MR) is 51.3 cm³/mol. The highest BCUT2D eigenvalue weighted by atomic mass is 15.4. The van der Waals surface area contributed by atoms with Gasteiger partial charge in [0.2, 0.25) is 0 Å². The van der Waals surface area contributed by atoms with Crippen LogP contribution in [0.4, 0.5) is 0 Å². The fraction of sp³-hybridized carbons (Fsp3) is 0.571. The van der Waals surface area contributed by atoms with Crippen molar-refractivity contribution in [1.29, 1.82) is 0 Å². The van der Waals surface area contributed by atoms with E-state index in [4.69, 9.17) is 17.3 Å². The Labute approximate surface area is 72.9 Å². The predicted octanol–water partition coefficient (Wildman–Crippen LogP) is -0.988. The fourth-order valence-corrected chi connectivity index (χ4v) is 0.644. The zero-order chi connectivity index (χ0) is 9.40. The first-order valence-electron chi connectivity index (χ1n) is 3.84. The second kappa shape index (κ2) is 6.78. The third-order valence-corrected chi connectivity index (χ3v) is 1.27. The summed E-state index contributed by atoms with van der Waals surface area (Å²) in [5.74, 6) is 5.47. The standard InChI is InChI=1S/C7H17N5/c1-2-11-4-7(3-8)5-12(10)6-9/h3-4H,2,5-6,8-10H2,1H3/b7-3+,11-4?. The molecule has 70 valence electrons. The number of hydrazine groups is 1. The minimum atomic E-state index is 0.303. The number of aliphatic imine (C=N–C) groups is 1. The van der Waals surface area contributed by atoms with Gasteiger partial charge in [-0.3, -0.25) is 10.8 Å². The second-order valence-electron chi connectivity index (χ2n) is 2.30. The summed E-state index contributed by atoms with van der Waals surface area (Å²) < 4.78 is 0. The van der Waals surface area contributed by atoms with Crippen molar-refractivity contribution in [1.82, 2.24) is 5.01 Å². The molecule has 0 aliphatic rings. The van der Waals surface area contributed by atoms with Gasteiger partial charge in [0.15, 0.2) is 0 Å². The SMILES string of the molecule is CCN=C/C(=C\N)CN(N)CN. The molecule has 0 spiro atoms. The molecule has 0 aromatic carbocycles. The highest BCUT2D eigenvalue weighted by Gasteiger charge is 1.97. The molecule has 0 heterocycles. The van der Waals surface area contributed by atoms with Crippen molar-refractivity contribution < 1.29 is 0 Å². The topological polar surface area (TPSA) is 93.7 Å². The molecule has 0 unspecified atom stereocenters. The Morgan fingerprint density at radius 3 is 2.67 bits per heavy atom. The van der Waals surface area contributed by atoms with Crippen LogP contribution in [0.15, 0.2) is 16.8 Å². The zero-order valence-corrected chi connectivity index (χ0v) is 7.40. The summed E-state index contributed by atoms with van der Waals surface area (Å²) in [7, 11) is 0. The van der Waals surface area contributed by atoms with E-state index in [1.165, 1.54) is 11.2 Å². The molecular formula is C7H17N5. The van der Waals surface area contributed by atoms with E-state index < -0.39 is 0 Å². The lowest BCUT2D eigenvalue weighted by atomic mass is 10.3. The summed E-state index contributed by atoms with van der Waals surface area (Å²) in [5, 5.41) is 1.46. The highest BCUT2D eigenvalue weighted by molar-refractivity contribution is 5.78. The maximum Gasteiger partial charge on any atom is 0.0597 e. The van der Waals surface area contributed by atoms with E-state index in [0.29, 0.717) is 13.2 Å². The molecule has 0 rings (SSSR count). The monoisotopic (exact) mass is 171 g/mol. The van der Waals surface area contributed by atoms with Gasteiger partial charge < -0.3 is 11.5 Å². The van der Waals surface area contributed by atoms with E-state index in [9.17, 15) is 0 Å². The van der Waals surface area contributed by atoms with Crippen LogP contribution in [0.25, 0.3) is 0 Å². The average Bonchev–Trinajstić information content (AvgIpc) is 2.11. The molecule has 0 saturated carbocycles. The summed E-state index contributed by atoms with van der Waals surface area (Å²) in [6, 6.07) is 0. The lowest BCUT2D eigenvalue weighted by Gasteiger charge is -2.12. The van der Waals surface area contributed by atoms with Crippen molar-refractivity contribution in [2.45, 2.75) is 6.92 Å². The summed E-state index contributed by atoms with van der Waals surface area (Å²) in [6.45, 7) is 3.52. The van der Waals surface area contributed by atoms with Crippen LogP contribution in [0.1, 0.15) is 6.92 Å². The van der Waals surface area contributed by atoms with Gasteiger partial charge in [0.1, 0.15) is 0 Å². The quantitative estimate of drug-likeness (QED) is 0.214. The molecule has 5 heteroatoms. The molecule has 0 amide bonds. The van der Waals surface area contributed by atoms with E-state index in [2.05, 4.69) is 4.99 Å². The number of nitrogens with zero attached hydrogens (tertiary/aromatic N) is 2. The summed E-state index contributed by atoms with van der Waals surface area (Å²) in [5.41, 5.74) is 11.5. The molecule has 0 aromatic rings. The Bertz CT molecular complexity index is 163. The van der Waals surface area contributed by atoms with Gasteiger partial charge >= 0.3 is 0 Å². The molecule has 0 bridgehead atoms. The molecule has 0 saturated heterocycles. The number of hydrogen-bond donors (Lipinski definition) is 3. The van der Waals surface area contributed by atoms with Crippen LogP contribution in [0.5, 0.6) is 0 Å². The molecule has 6 N–H and O–H groups in total. The van der Waals surface area contributed by atoms with Gasteiger partial charge in [0, 0.05) is 24.9 Å².